The van der Waals surface area contributed by atoms with Gasteiger partial charge < -0.3 is 10.9 Å². The molecule has 6 nitrogen and oxygen atoms in total. The summed E-state index contributed by atoms with van der Waals surface area (Å²) in [6.07, 6.45) is 0.883. The van der Waals surface area contributed by atoms with Crippen molar-refractivity contribution < 1.29 is 5.21 Å². The van der Waals surface area contributed by atoms with Gasteiger partial charge in [-0.3, -0.25) is 9.58 Å². The van der Waals surface area contributed by atoms with Crippen LogP contribution in [0.5, 0.6) is 0 Å². The lowest BCUT2D eigenvalue weighted by atomic mass is 10.2. The van der Waals surface area contributed by atoms with Crippen molar-refractivity contribution in [2.75, 3.05) is 7.05 Å². The van der Waals surface area contributed by atoms with Crippen molar-refractivity contribution in [3.05, 3.63) is 15.9 Å². The molecule has 0 aliphatic rings. The lowest BCUT2D eigenvalue weighted by molar-refractivity contribution is 0.274. The molecule has 1 aromatic heterocycles. The van der Waals surface area contributed by atoms with E-state index in [0.29, 0.717) is 6.54 Å². The Balaban J connectivity index is 2.88. The van der Waals surface area contributed by atoms with Gasteiger partial charge in [-0.05, 0) is 36.3 Å². The fraction of sp³-hybridized carbons (Fsp3) is 0.636. The van der Waals surface area contributed by atoms with Gasteiger partial charge >= 0.3 is 0 Å². The van der Waals surface area contributed by atoms with E-state index in [4.69, 9.17) is 10.9 Å². The highest BCUT2D eigenvalue weighted by molar-refractivity contribution is 9.10. The van der Waals surface area contributed by atoms with Crippen LogP contribution in [0.25, 0.3) is 0 Å². The van der Waals surface area contributed by atoms with Crippen LogP contribution in [0.15, 0.2) is 9.63 Å². The number of nitrogens with zero attached hydrogens (tertiary/aromatic N) is 4. The van der Waals surface area contributed by atoms with Crippen molar-refractivity contribution in [3.63, 3.8) is 0 Å². The van der Waals surface area contributed by atoms with Gasteiger partial charge in [0.2, 0.25) is 0 Å². The zero-order valence-electron chi connectivity index (χ0n) is 11.2. The second-order valence-corrected chi connectivity index (χ2v) is 5.09. The third-order valence-electron chi connectivity index (χ3n) is 3.11. The zero-order valence-corrected chi connectivity index (χ0v) is 12.8. The molecule has 0 saturated carbocycles. The SMILES string of the molecule is CCc1nn(C)c(CN(C)C(C)C(N)=NO)c1Br. The van der Waals surface area contributed by atoms with Crippen molar-refractivity contribution >= 4 is 21.8 Å². The van der Waals surface area contributed by atoms with E-state index in [1.807, 2.05) is 30.6 Å². The first-order valence-electron chi connectivity index (χ1n) is 5.80. The Bertz CT molecular complexity index is 443. The summed E-state index contributed by atoms with van der Waals surface area (Å²) < 4.78 is 2.89. The molecule has 0 aliphatic heterocycles. The highest BCUT2D eigenvalue weighted by Gasteiger charge is 2.19. The molecule has 0 spiro atoms. The molecule has 1 aromatic rings. The molecule has 0 amide bonds. The molecule has 102 valence electrons. The van der Waals surface area contributed by atoms with Gasteiger partial charge in [0.15, 0.2) is 5.84 Å². The van der Waals surface area contributed by atoms with Crippen LogP contribution in [0.1, 0.15) is 25.2 Å². The molecule has 0 bridgehead atoms. The molecule has 18 heavy (non-hydrogen) atoms. The summed E-state index contributed by atoms with van der Waals surface area (Å²) in [6, 6.07) is -0.137. The lowest BCUT2D eigenvalue weighted by Crippen LogP contribution is -2.40. The van der Waals surface area contributed by atoms with E-state index in [1.54, 1.807) is 0 Å². The third kappa shape index (κ3) is 3.02. The summed E-state index contributed by atoms with van der Waals surface area (Å²) in [7, 11) is 3.84. The first-order chi connectivity index (χ1) is 8.42. The largest absolute Gasteiger partial charge is 0.409 e. The maximum atomic E-state index is 8.68. The van der Waals surface area contributed by atoms with Crippen LogP contribution in [-0.2, 0) is 20.0 Å². The summed E-state index contributed by atoms with van der Waals surface area (Å²) in [5.41, 5.74) is 7.72. The topological polar surface area (TPSA) is 79.7 Å². The first-order valence-corrected chi connectivity index (χ1v) is 6.59. The molecule has 3 N–H and O–H groups in total. The Morgan fingerprint density at radius 1 is 1.67 bits per heavy atom. The van der Waals surface area contributed by atoms with Crippen molar-refractivity contribution in [1.29, 1.82) is 0 Å². The number of aryl methyl sites for hydroxylation is 2. The van der Waals surface area contributed by atoms with E-state index in [-0.39, 0.29) is 11.9 Å². The van der Waals surface area contributed by atoms with Crippen molar-refractivity contribution in [1.82, 2.24) is 14.7 Å². The minimum Gasteiger partial charge on any atom is -0.409 e. The third-order valence-corrected chi connectivity index (χ3v) is 4.02. The Labute approximate surface area is 116 Å². The van der Waals surface area contributed by atoms with Gasteiger partial charge in [0, 0.05) is 13.6 Å². The van der Waals surface area contributed by atoms with Gasteiger partial charge in [0.1, 0.15) is 0 Å². The van der Waals surface area contributed by atoms with E-state index in [9.17, 15) is 0 Å². The van der Waals surface area contributed by atoms with E-state index >= 15 is 0 Å². The number of rotatable bonds is 5. The number of aromatic nitrogens is 2. The fourth-order valence-corrected chi connectivity index (χ4v) is 2.42. The van der Waals surface area contributed by atoms with Crippen LogP contribution >= 0.6 is 15.9 Å². The van der Waals surface area contributed by atoms with Gasteiger partial charge in [-0.1, -0.05) is 12.1 Å². The molecule has 7 heteroatoms. The number of hydrogen-bond acceptors (Lipinski definition) is 4. The lowest BCUT2D eigenvalue weighted by Gasteiger charge is -2.23. The fourth-order valence-electron chi connectivity index (χ4n) is 1.67. The van der Waals surface area contributed by atoms with E-state index in [2.05, 4.69) is 33.1 Å². The van der Waals surface area contributed by atoms with Gasteiger partial charge in [-0.25, -0.2) is 0 Å². The maximum Gasteiger partial charge on any atom is 0.156 e. The minimum atomic E-state index is -0.137. The molecular formula is C11H20BrN5O. The average Bonchev–Trinajstić information content (AvgIpc) is 2.63. The summed E-state index contributed by atoms with van der Waals surface area (Å²) in [4.78, 5) is 2.00. The maximum absolute atomic E-state index is 8.68. The van der Waals surface area contributed by atoms with Gasteiger partial charge in [0.05, 0.1) is 21.9 Å². The van der Waals surface area contributed by atoms with E-state index in [0.717, 1.165) is 22.3 Å². The predicted molar refractivity (Wildman–Crippen MR) is 74.6 cm³/mol. The number of amidine groups is 1. The minimum absolute atomic E-state index is 0.137. The highest BCUT2D eigenvalue weighted by atomic mass is 79.9. The molecular weight excluding hydrogens is 298 g/mol. The van der Waals surface area contributed by atoms with Crippen LogP contribution in [0, 0.1) is 0 Å². The van der Waals surface area contributed by atoms with Crippen LogP contribution in [0.3, 0.4) is 0 Å². The second-order valence-electron chi connectivity index (χ2n) is 4.30. The molecule has 0 aliphatic carbocycles. The summed E-state index contributed by atoms with van der Waals surface area (Å²) in [5, 5.41) is 16.2. The van der Waals surface area contributed by atoms with Crippen LogP contribution in [0.2, 0.25) is 0 Å². The Morgan fingerprint density at radius 3 is 2.72 bits per heavy atom. The summed E-state index contributed by atoms with van der Waals surface area (Å²) in [5.74, 6) is 0.200. The summed E-state index contributed by atoms with van der Waals surface area (Å²) in [6.45, 7) is 4.63. The number of nitrogens with two attached hydrogens (primary N) is 1. The van der Waals surface area contributed by atoms with Crippen LogP contribution in [0.4, 0.5) is 0 Å². The molecule has 0 saturated heterocycles. The Hall–Kier alpha value is -1.08. The number of likely N-dealkylation sites (N-methyl/N-ethyl adjacent to an activating group) is 1. The predicted octanol–water partition coefficient (Wildman–Crippen LogP) is 1.31. The Morgan fingerprint density at radius 2 is 2.28 bits per heavy atom. The van der Waals surface area contributed by atoms with Crippen LogP contribution < -0.4 is 5.73 Å². The van der Waals surface area contributed by atoms with Crippen molar-refractivity contribution in [3.8, 4) is 0 Å². The van der Waals surface area contributed by atoms with E-state index in [1.165, 1.54) is 0 Å². The second kappa shape index (κ2) is 6.19. The van der Waals surface area contributed by atoms with Crippen molar-refractivity contribution in [2.45, 2.75) is 32.9 Å². The highest BCUT2D eigenvalue weighted by Crippen LogP contribution is 2.23. The molecule has 1 rings (SSSR count). The zero-order chi connectivity index (χ0) is 13.9. The van der Waals surface area contributed by atoms with Gasteiger partial charge in [-0.2, -0.15) is 5.10 Å². The number of oxime groups is 1. The summed E-state index contributed by atoms with van der Waals surface area (Å²) >= 11 is 3.57. The molecule has 0 fully saturated rings. The van der Waals surface area contributed by atoms with Crippen molar-refractivity contribution in [2.24, 2.45) is 17.9 Å². The molecule has 1 heterocycles. The van der Waals surface area contributed by atoms with Gasteiger partial charge in [-0.15, -0.1) is 0 Å². The smallest absolute Gasteiger partial charge is 0.156 e. The first kappa shape index (κ1) is 15.0. The number of halogens is 1. The van der Waals surface area contributed by atoms with E-state index < -0.39 is 0 Å². The normalized spacial score (nSPS) is 14.2. The molecule has 0 aromatic carbocycles. The van der Waals surface area contributed by atoms with Crippen LogP contribution in [-0.4, -0.2) is 38.8 Å². The average molecular weight is 318 g/mol. The quantitative estimate of drug-likeness (QED) is 0.371. The molecule has 0 radical (unpaired) electrons. The standard InChI is InChI=1S/C11H20BrN5O/c1-5-8-10(12)9(17(4)14-8)6-16(3)7(2)11(13)15-18/h7,18H,5-6H2,1-4H3,(H2,13,15). The van der Waals surface area contributed by atoms with Gasteiger partial charge in [0.25, 0.3) is 0 Å². The monoisotopic (exact) mass is 317 g/mol. The molecule has 1 atom stereocenters. The number of hydrogen-bond donors (Lipinski definition) is 2. The Kier molecular flexibility index (Phi) is 5.15. The molecule has 1 unspecified atom stereocenters.